The van der Waals surface area contributed by atoms with E-state index in [0.717, 1.165) is 27.0 Å². The standard InChI is InChI=1S/C57H66FN9O12S/c1-6-57(78)37-24-42-52-35(29-67(42)54(76)36(37)30-79-55(57)77)51-41(17-16-34-32(2)38(58)25-39(64-52)50(34)51)65(5)47(72)20-21-56(3,4)80-31-62-45(70)27-61-53(75)40(23-33-13-9-7-10-14-33)63-46(71)28-60-44(69)26-59-43(68)15-11-8-12-22-66-48(73)18-19-49(66)74/h7,9-10,13-14,18-19,24-25,40-41,78H,6,8,11-12,15-17,20-23,26-31H2,1-5H3,(H,59,68)(H,60,69)(H,61,75)(H,62,70)(H,63,71)/t40-,41-,57-/m0/s1. The van der Waals surface area contributed by atoms with Crippen molar-refractivity contribution in [2.24, 2.45) is 0 Å². The summed E-state index contributed by atoms with van der Waals surface area (Å²) in [6.07, 6.45) is 5.69. The number of nitrogens with zero attached hydrogens (tertiary/aromatic N) is 4. The first-order chi connectivity index (χ1) is 38.1. The van der Waals surface area contributed by atoms with Crippen molar-refractivity contribution in [2.45, 2.75) is 127 Å². The van der Waals surface area contributed by atoms with Crippen molar-refractivity contribution in [3.05, 3.63) is 110 Å². The first-order valence-electron chi connectivity index (χ1n) is 26.8. The number of carbonyl (C=O) groups excluding carboxylic acids is 9. The molecule has 4 aliphatic rings. The van der Waals surface area contributed by atoms with E-state index in [1.165, 1.54) is 34.5 Å². The molecule has 0 saturated heterocycles. The van der Waals surface area contributed by atoms with E-state index in [9.17, 15) is 53.1 Å². The Balaban J connectivity index is 0.809. The van der Waals surface area contributed by atoms with E-state index in [1.54, 1.807) is 62.2 Å². The average molecular weight is 1120 g/mol. The van der Waals surface area contributed by atoms with Crippen molar-refractivity contribution in [3.8, 4) is 11.4 Å². The highest BCUT2D eigenvalue weighted by Gasteiger charge is 2.46. The highest BCUT2D eigenvalue weighted by Crippen LogP contribution is 2.47. The lowest BCUT2D eigenvalue weighted by molar-refractivity contribution is -0.172. The van der Waals surface area contributed by atoms with Crippen molar-refractivity contribution in [1.29, 1.82) is 0 Å². The van der Waals surface area contributed by atoms with Crippen molar-refractivity contribution in [3.63, 3.8) is 0 Å². The van der Waals surface area contributed by atoms with E-state index in [-0.39, 0.29) is 92.6 Å². The Hall–Kier alpha value is -7.79. The number of cyclic esters (lactones) is 1. The molecule has 8 rings (SSSR count). The van der Waals surface area contributed by atoms with Crippen molar-refractivity contribution < 1.29 is 57.4 Å². The second kappa shape index (κ2) is 24.7. The number of unbranched alkanes of at least 4 members (excludes halogenated alkanes) is 2. The van der Waals surface area contributed by atoms with Crippen LogP contribution in [-0.4, -0.2) is 128 Å². The second-order valence-electron chi connectivity index (χ2n) is 21.1. The Morgan fingerprint density at radius 1 is 0.887 bits per heavy atom. The molecule has 80 heavy (non-hydrogen) atoms. The summed E-state index contributed by atoms with van der Waals surface area (Å²) in [7, 11) is 1.73. The number of halogens is 1. The number of esters is 1. The van der Waals surface area contributed by atoms with Crippen LogP contribution in [0.5, 0.6) is 0 Å². The molecule has 4 aromatic rings. The van der Waals surface area contributed by atoms with E-state index < -0.39 is 76.5 Å². The SMILES string of the molecule is CC[C@@]1(O)C(=O)OCc2c1cc1n(c2=O)Cc2c-1nc1cc(F)c(C)c3c1c2[C@@H](N(C)C(=O)CCC(C)(C)SCNC(=O)CNC(=O)[C@H](Cc1ccccc1)NC(=O)CNC(=O)CNC(=O)CCCCCN1C(=O)C=CC1=O)CC3. The molecule has 8 amide bonds. The number of hydrogen-bond acceptors (Lipinski definition) is 14. The van der Waals surface area contributed by atoms with Crippen LogP contribution in [0.25, 0.3) is 22.3 Å². The van der Waals surface area contributed by atoms with Gasteiger partial charge in [0.2, 0.25) is 35.4 Å². The third-order valence-corrected chi connectivity index (χ3v) is 16.6. The largest absolute Gasteiger partial charge is 0.458 e. The van der Waals surface area contributed by atoms with Gasteiger partial charge in [0.05, 0.1) is 60.6 Å². The average Bonchev–Trinajstić information content (AvgIpc) is 4.19. The molecule has 21 nitrogen and oxygen atoms in total. The van der Waals surface area contributed by atoms with Crippen LogP contribution in [0.1, 0.15) is 117 Å². The zero-order valence-corrected chi connectivity index (χ0v) is 46.2. The second-order valence-corrected chi connectivity index (χ2v) is 22.8. The number of benzene rings is 2. The number of rotatable bonds is 24. The van der Waals surface area contributed by atoms with Crippen LogP contribution in [0.3, 0.4) is 0 Å². The summed E-state index contributed by atoms with van der Waals surface area (Å²) in [4.78, 5) is 136. The molecule has 1 aliphatic carbocycles. The lowest BCUT2D eigenvalue weighted by Gasteiger charge is -2.36. The normalized spacial score (nSPS) is 17.3. The van der Waals surface area contributed by atoms with Gasteiger partial charge >= 0.3 is 5.97 Å². The van der Waals surface area contributed by atoms with Crippen LogP contribution in [-0.2, 0) is 79.5 Å². The Kier molecular flexibility index (Phi) is 18.0. The topological polar surface area (TPSA) is 285 Å². The molecule has 23 heteroatoms. The van der Waals surface area contributed by atoms with E-state index in [2.05, 4.69) is 26.6 Å². The summed E-state index contributed by atoms with van der Waals surface area (Å²) in [5.74, 6) is -4.85. The predicted molar refractivity (Wildman–Crippen MR) is 292 cm³/mol. The summed E-state index contributed by atoms with van der Waals surface area (Å²) in [5.41, 5.74) is 2.52. The number of imide groups is 1. The van der Waals surface area contributed by atoms with Gasteiger partial charge in [-0.15, -0.1) is 11.8 Å². The van der Waals surface area contributed by atoms with Gasteiger partial charge in [-0.1, -0.05) is 57.5 Å². The highest BCUT2D eigenvalue weighted by atomic mass is 32.2. The minimum atomic E-state index is -2.03. The third kappa shape index (κ3) is 12.8. The molecule has 2 aromatic heterocycles. The van der Waals surface area contributed by atoms with E-state index in [4.69, 9.17) is 9.72 Å². The van der Waals surface area contributed by atoms with Crippen molar-refractivity contribution in [2.75, 3.05) is 39.1 Å². The van der Waals surface area contributed by atoms with Gasteiger partial charge in [-0.3, -0.25) is 48.1 Å². The lowest BCUT2D eigenvalue weighted by Crippen LogP contribution is -2.52. The number of hydrogen-bond donors (Lipinski definition) is 6. The number of amides is 8. The number of ether oxygens (including phenoxy) is 1. The number of pyridine rings is 2. The van der Waals surface area contributed by atoms with Crippen LogP contribution in [0, 0.1) is 12.7 Å². The number of carbonyl (C=O) groups is 9. The Morgan fingerprint density at radius 2 is 1.57 bits per heavy atom. The zero-order valence-electron chi connectivity index (χ0n) is 45.4. The quantitative estimate of drug-likeness (QED) is 0.0224. The number of aryl methyl sites for hydroxylation is 1. The molecule has 3 aliphatic heterocycles. The number of nitrogens with one attached hydrogen (secondary N) is 5. The van der Waals surface area contributed by atoms with Crippen LogP contribution in [0.2, 0.25) is 0 Å². The third-order valence-electron chi connectivity index (χ3n) is 15.3. The number of aromatic nitrogens is 2. The maximum atomic E-state index is 15.5. The molecule has 0 fully saturated rings. The first-order valence-corrected chi connectivity index (χ1v) is 27.7. The van der Waals surface area contributed by atoms with Crippen LogP contribution in [0.4, 0.5) is 4.39 Å². The zero-order chi connectivity index (χ0) is 57.6. The van der Waals surface area contributed by atoms with Crippen molar-refractivity contribution in [1.82, 2.24) is 45.9 Å². The maximum Gasteiger partial charge on any atom is 0.343 e. The molecule has 5 heterocycles. The Morgan fingerprint density at radius 3 is 2.30 bits per heavy atom. The highest BCUT2D eigenvalue weighted by molar-refractivity contribution is 8.00. The minimum Gasteiger partial charge on any atom is -0.458 e. The summed E-state index contributed by atoms with van der Waals surface area (Å²) < 4.78 is 21.8. The molecule has 6 N–H and O–H groups in total. The Labute approximate surface area is 465 Å². The van der Waals surface area contributed by atoms with Crippen LogP contribution in [0.15, 0.2) is 59.4 Å². The molecule has 3 atom stereocenters. The maximum absolute atomic E-state index is 15.5. The number of thioether (sulfide) groups is 1. The van der Waals surface area contributed by atoms with E-state index >= 15 is 4.39 Å². The lowest BCUT2D eigenvalue weighted by atomic mass is 9.81. The van der Waals surface area contributed by atoms with Gasteiger partial charge in [0, 0.05) is 72.3 Å². The summed E-state index contributed by atoms with van der Waals surface area (Å²) >= 11 is 1.40. The number of fused-ring (bicyclic) bond motifs is 5. The summed E-state index contributed by atoms with van der Waals surface area (Å²) in [6.45, 7) is 6.03. The van der Waals surface area contributed by atoms with Gasteiger partial charge in [0.1, 0.15) is 18.5 Å². The molecule has 0 bridgehead atoms. The molecule has 0 saturated carbocycles. The molecular weight excluding hydrogens is 1050 g/mol. The summed E-state index contributed by atoms with van der Waals surface area (Å²) in [5, 5.41) is 25.1. The summed E-state index contributed by atoms with van der Waals surface area (Å²) in [6, 6.07) is 10.3. The molecule has 0 spiro atoms. The van der Waals surface area contributed by atoms with Gasteiger partial charge < -0.3 is 45.9 Å². The molecule has 424 valence electrons. The van der Waals surface area contributed by atoms with Gasteiger partial charge in [-0.25, -0.2) is 14.2 Å². The van der Waals surface area contributed by atoms with E-state index in [0.29, 0.717) is 66.6 Å². The Bertz CT molecular complexity index is 3260. The van der Waals surface area contributed by atoms with Gasteiger partial charge in [0.25, 0.3) is 17.4 Å². The molecular formula is C57H66FN9O12S. The monoisotopic (exact) mass is 1120 g/mol. The number of aliphatic hydroxyl groups is 1. The fourth-order valence-corrected chi connectivity index (χ4v) is 11.5. The van der Waals surface area contributed by atoms with Gasteiger partial charge in [-0.2, -0.15) is 0 Å². The fourth-order valence-electron chi connectivity index (χ4n) is 10.6. The van der Waals surface area contributed by atoms with Gasteiger partial charge in [-0.05, 0) is 73.8 Å². The molecule has 0 unspecified atom stereocenters. The van der Waals surface area contributed by atoms with Crippen LogP contribution >= 0.6 is 11.8 Å². The smallest absolute Gasteiger partial charge is 0.343 e. The molecule has 2 aromatic carbocycles. The molecule has 0 radical (unpaired) electrons. The predicted octanol–water partition coefficient (Wildman–Crippen LogP) is 2.90. The van der Waals surface area contributed by atoms with Crippen LogP contribution < -0.4 is 32.1 Å². The first kappa shape index (κ1) is 58.4. The van der Waals surface area contributed by atoms with E-state index in [1.807, 2.05) is 13.8 Å². The van der Waals surface area contributed by atoms with Gasteiger partial charge in [0.15, 0.2) is 5.60 Å². The van der Waals surface area contributed by atoms with Crippen molar-refractivity contribution >= 4 is 75.9 Å². The minimum absolute atomic E-state index is 0.0281. The fraction of sp³-hybridized carbons (Fsp3) is 0.456.